The van der Waals surface area contributed by atoms with Gasteiger partial charge in [-0.1, -0.05) is 32.4 Å². The van der Waals surface area contributed by atoms with Crippen molar-refractivity contribution in [3.63, 3.8) is 0 Å². The second kappa shape index (κ2) is 12.8. The minimum Gasteiger partial charge on any atom is -0.453 e. The summed E-state index contributed by atoms with van der Waals surface area (Å²) in [5.41, 5.74) is 8.20. The molecule has 1 fully saturated rings. The molecule has 8 nitrogen and oxygen atoms in total. The first kappa shape index (κ1) is 25.4. The first-order chi connectivity index (χ1) is 16.6. The Morgan fingerprint density at radius 2 is 1.71 bits per heavy atom. The van der Waals surface area contributed by atoms with Crippen LogP contribution < -0.4 is 16.1 Å². The molecule has 0 saturated heterocycles. The smallest absolute Gasteiger partial charge is 0.407 e. The van der Waals surface area contributed by atoms with E-state index in [0.717, 1.165) is 48.5 Å². The lowest BCUT2D eigenvalue weighted by molar-refractivity contribution is 0.161. The van der Waals surface area contributed by atoms with E-state index in [9.17, 15) is 4.79 Å². The molecule has 34 heavy (non-hydrogen) atoms. The molecule has 2 aromatic rings. The molecular formula is C26H36N6O2. The summed E-state index contributed by atoms with van der Waals surface area (Å²) in [6.07, 6.45) is 7.76. The zero-order valence-electron chi connectivity index (χ0n) is 20.5. The number of rotatable bonds is 4. The number of pyridine rings is 2. The van der Waals surface area contributed by atoms with Gasteiger partial charge >= 0.3 is 6.09 Å². The van der Waals surface area contributed by atoms with Gasteiger partial charge in [0.1, 0.15) is 0 Å². The van der Waals surface area contributed by atoms with Crippen molar-refractivity contribution >= 4 is 17.5 Å². The first-order valence-electron chi connectivity index (χ1n) is 12.0. The average molecular weight is 465 g/mol. The largest absolute Gasteiger partial charge is 0.453 e. The van der Waals surface area contributed by atoms with Crippen LogP contribution in [0.3, 0.4) is 0 Å². The number of methoxy groups -OCH3 is 1. The van der Waals surface area contributed by atoms with Crippen LogP contribution in [-0.4, -0.2) is 48.0 Å². The minimum absolute atomic E-state index is 0.0304. The molecule has 3 atom stereocenters. The van der Waals surface area contributed by atoms with Crippen molar-refractivity contribution in [3.05, 3.63) is 65.8 Å². The average Bonchev–Trinajstić information content (AvgIpc) is 2.87. The van der Waals surface area contributed by atoms with E-state index in [1.165, 1.54) is 19.1 Å². The predicted octanol–water partition coefficient (Wildman–Crippen LogP) is 4.11. The van der Waals surface area contributed by atoms with Crippen LogP contribution in [0.2, 0.25) is 0 Å². The molecular weight excluding hydrogens is 428 g/mol. The van der Waals surface area contributed by atoms with Crippen LogP contribution in [0.1, 0.15) is 57.3 Å². The van der Waals surface area contributed by atoms with Crippen molar-refractivity contribution in [3.8, 4) is 0 Å². The number of nitrogens with one attached hydrogen (secondary N) is 3. The molecule has 182 valence electrons. The molecule has 1 amide bonds. The molecule has 0 bridgehead atoms. The third kappa shape index (κ3) is 6.20. The normalized spacial score (nSPS) is 22.0. The number of amides is 1. The zero-order chi connectivity index (χ0) is 24.3. The summed E-state index contributed by atoms with van der Waals surface area (Å²) in [5.74, 6) is 0.0907. The molecule has 1 aliphatic carbocycles. The van der Waals surface area contributed by atoms with Crippen LogP contribution in [0, 0.1) is 5.92 Å². The number of hydrogen-bond acceptors (Lipinski definition) is 7. The van der Waals surface area contributed by atoms with Crippen molar-refractivity contribution in [2.45, 2.75) is 58.0 Å². The van der Waals surface area contributed by atoms with Crippen molar-refractivity contribution in [1.82, 2.24) is 26.0 Å². The SMILES string of the molecule is CCC.CNC1CCC2=C(c3ccccn3)NN=C(c3ccccn3)C2CC[C@@H]1NC(=O)OC. The quantitative estimate of drug-likeness (QED) is 0.630. The molecule has 8 heteroatoms. The maximum Gasteiger partial charge on any atom is 0.407 e. The van der Waals surface area contributed by atoms with Gasteiger partial charge in [0.15, 0.2) is 0 Å². The summed E-state index contributed by atoms with van der Waals surface area (Å²) in [4.78, 5) is 21.0. The molecule has 3 N–H and O–H groups in total. The van der Waals surface area contributed by atoms with Gasteiger partial charge in [0.2, 0.25) is 0 Å². The van der Waals surface area contributed by atoms with E-state index in [1.54, 1.807) is 12.4 Å². The van der Waals surface area contributed by atoms with Gasteiger partial charge in [-0.3, -0.25) is 15.4 Å². The highest BCUT2D eigenvalue weighted by Crippen LogP contribution is 2.36. The van der Waals surface area contributed by atoms with Gasteiger partial charge in [0.25, 0.3) is 0 Å². The molecule has 1 saturated carbocycles. The molecule has 0 aromatic carbocycles. The Balaban J connectivity index is 0.00000103. The van der Waals surface area contributed by atoms with E-state index < -0.39 is 6.09 Å². The van der Waals surface area contributed by atoms with Crippen molar-refractivity contribution in [2.75, 3.05) is 14.2 Å². The van der Waals surface area contributed by atoms with E-state index in [4.69, 9.17) is 9.84 Å². The highest BCUT2D eigenvalue weighted by Gasteiger charge is 2.35. The summed E-state index contributed by atoms with van der Waals surface area (Å²) in [6, 6.07) is 11.9. The second-order valence-corrected chi connectivity index (χ2v) is 8.45. The Morgan fingerprint density at radius 1 is 1.03 bits per heavy atom. The molecule has 0 radical (unpaired) electrons. The van der Waals surface area contributed by atoms with Gasteiger partial charge in [0.05, 0.1) is 29.9 Å². The third-order valence-electron chi connectivity index (χ3n) is 6.04. The topological polar surface area (TPSA) is 101 Å². The van der Waals surface area contributed by atoms with Crippen LogP contribution in [0.4, 0.5) is 4.79 Å². The standard InChI is InChI=1S/C23H28N6O2.C3H8/c1-24-17-11-9-15-16(10-12-18(17)27-23(30)31-2)22(20-8-4-6-14-26-20)29-28-21(15)19-7-3-5-13-25-19;1-3-2/h3-8,13-14,16-18,24,28H,9-12H2,1-2H3,(H,27,30);3H2,1-2H3/t16?,17?,18-;/m0./s1. The number of ether oxygens (including phenoxy) is 1. The van der Waals surface area contributed by atoms with Crippen LogP contribution in [-0.2, 0) is 4.74 Å². The van der Waals surface area contributed by atoms with E-state index in [0.29, 0.717) is 0 Å². The Kier molecular flexibility index (Phi) is 9.58. The van der Waals surface area contributed by atoms with Gasteiger partial charge in [-0.15, -0.1) is 0 Å². The summed E-state index contributed by atoms with van der Waals surface area (Å²) in [5, 5.41) is 11.1. The van der Waals surface area contributed by atoms with Gasteiger partial charge in [-0.05, 0) is 62.6 Å². The molecule has 2 aliphatic rings. The summed E-state index contributed by atoms with van der Waals surface area (Å²) in [7, 11) is 3.33. The number of carbonyl (C=O) groups is 1. The Labute approximate surface area is 202 Å². The molecule has 0 spiro atoms. The number of alkyl carbamates (subject to hydrolysis) is 1. The Bertz CT molecular complexity index is 977. The summed E-state index contributed by atoms with van der Waals surface area (Å²) >= 11 is 0. The van der Waals surface area contributed by atoms with Crippen molar-refractivity contribution in [2.24, 2.45) is 11.0 Å². The van der Waals surface area contributed by atoms with Crippen molar-refractivity contribution in [1.29, 1.82) is 0 Å². The number of nitrogens with zero attached hydrogens (tertiary/aromatic N) is 3. The monoisotopic (exact) mass is 464 g/mol. The fourth-order valence-electron chi connectivity index (χ4n) is 4.49. The zero-order valence-corrected chi connectivity index (χ0v) is 20.5. The second-order valence-electron chi connectivity index (χ2n) is 8.45. The molecule has 4 rings (SSSR count). The number of allylic oxidation sites excluding steroid dienone is 1. The number of carbonyl (C=O) groups excluding carboxylic acids is 1. The van der Waals surface area contributed by atoms with E-state index in [1.807, 2.05) is 43.4 Å². The Hall–Kier alpha value is -3.26. The molecule has 3 heterocycles. The van der Waals surface area contributed by atoms with Gasteiger partial charge in [0, 0.05) is 30.4 Å². The summed E-state index contributed by atoms with van der Waals surface area (Å²) < 4.78 is 4.85. The van der Waals surface area contributed by atoms with Crippen LogP contribution >= 0.6 is 0 Å². The van der Waals surface area contributed by atoms with Gasteiger partial charge in [-0.25, -0.2) is 4.79 Å². The van der Waals surface area contributed by atoms with E-state index in [2.05, 4.69) is 39.9 Å². The number of likely N-dealkylation sites (N-methyl/N-ethyl adjacent to an activating group) is 1. The number of fused-ring (bicyclic) bond motifs is 1. The maximum atomic E-state index is 11.9. The predicted molar refractivity (Wildman–Crippen MR) is 135 cm³/mol. The molecule has 2 unspecified atom stereocenters. The molecule has 1 aliphatic heterocycles. The lowest BCUT2D eigenvalue weighted by atomic mass is 9.77. The van der Waals surface area contributed by atoms with Crippen LogP contribution in [0.25, 0.3) is 5.70 Å². The fourth-order valence-corrected chi connectivity index (χ4v) is 4.49. The highest BCUT2D eigenvalue weighted by atomic mass is 16.5. The van der Waals surface area contributed by atoms with Crippen LogP contribution in [0.15, 0.2) is 59.5 Å². The van der Waals surface area contributed by atoms with Gasteiger partial charge < -0.3 is 15.4 Å². The maximum absolute atomic E-state index is 11.9. The fraction of sp³-hybridized carbons (Fsp3) is 0.462. The lowest BCUT2D eigenvalue weighted by Crippen LogP contribution is -2.50. The highest BCUT2D eigenvalue weighted by molar-refractivity contribution is 6.04. The number of aromatic nitrogens is 2. The van der Waals surface area contributed by atoms with Crippen LogP contribution in [0.5, 0.6) is 0 Å². The van der Waals surface area contributed by atoms with E-state index in [-0.39, 0.29) is 18.0 Å². The third-order valence-corrected chi connectivity index (χ3v) is 6.04. The minimum atomic E-state index is -0.403. The molecule has 2 aromatic heterocycles. The summed E-state index contributed by atoms with van der Waals surface area (Å²) in [6.45, 7) is 4.25. The first-order valence-corrected chi connectivity index (χ1v) is 12.0. The number of hydrogen-bond donors (Lipinski definition) is 3. The van der Waals surface area contributed by atoms with Gasteiger partial charge in [-0.2, -0.15) is 5.10 Å². The number of hydrazone groups is 1. The lowest BCUT2D eigenvalue weighted by Gasteiger charge is -2.36. The van der Waals surface area contributed by atoms with E-state index >= 15 is 0 Å². The van der Waals surface area contributed by atoms with Crippen molar-refractivity contribution < 1.29 is 9.53 Å². The Morgan fingerprint density at radius 3 is 2.29 bits per heavy atom.